The predicted molar refractivity (Wildman–Crippen MR) is 57.8 cm³/mol. The van der Waals surface area contributed by atoms with Gasteiger partial charge < -0.3 is 15.2 Å². The molecule has 0 unspecified atom stereocenters. The molecule has 1 N–H and O–H groups in total. The van der Waals surface area contributed by atoms with Crippen molar-refractivity contribution in [3.05, 3.63) is 34.8 Å². The van der Waals surface area contributed by atoms with Gasteiger partial charge in [0.1, 0.15) is 0 Å². The van der Waals surface area contributed by atoms with E-state index in [0.29, 0.717) is 17.7 Å². The molecule has 0 saturated heterocycles. The van der Waals surface area contributed by atoms with E-state index in [-0.39, 0.29) is 18.9 Å². The summed E-state index contributed by atoms with van der Waals surface area (Å²) in [6.07, 6.45) is 0.251. The van der Waals surface area contributed by atoms with Gasteiger partial charge >= 0.3 is 5.69 Å². The first kappa shape index (κ1) is 12.6. The Balaban J connectivity index is 2.42. The lowest BCUT2D eigenvalue weighted by molar-refractivity contribution is -0.305. The van der Waals surface area contributed by atoms with Crippen LogP contribution in [0.15, 0.2) is 24.3 Å². The third-order valence-corrected chi connectivity index (χ3v) is 2.09. The van der Waals surface area contributed by atoms with E-state index in [0.717, 1.165) is 0 Å². The van der Waals surface area contributed by atoms with E-state index in [1.54, 1.807) is 0 Å². The van der Waals surface area contributed by atoms with Gasteiger partial charge in [0.15, 0.2) is 4.98 Å². The Kier molecular flexibility index (Phi) is 4.63. The molecule has 0 atom stereocenters. The minimum absolute atomic E-state index is 0.0807. The second-order valence-corrected chi connectivity index (χ2v) is 3.38. The summed E-state index contributed by atoms with van der Waals surface area (Å²) in [6.45, 7) is 0.277. The highest BCUT2D eigenvalue weighted by Gasteiger charge is 2.08. The molecular weight excluding hydrogens is 222 g/mol. The third-order valence-electron chi connectivity index (χ3n) is 2.09. The minimum Gasteiger partial charge on any atom is -0.550 e. The SMILES string of the molecule is N#[N+]c1ccc(C(=O)NCCCC(=O)[O-])cc1. The average Bonchev–Trinajstić information content (AvgIpc) is 2.34. The first-order valence-corrected chi connectivity index (χ1v) is 5.06. The molecule has 0 spiro atoms. The average molecular weight is 233 g/mol. The van der Waals surface area contributed by atoms with Crippen molar-refractivity contribution in [1.82, 2.24) is 5.32 Å². The summed E-state index contributed by atoms with van der Waals surface area (Å²) >= 11 is 0. The van der Waals surface area contributed by atoms with E-state index in [4.69, 9.17) is 5.39 Å². The number of nitrogens with zero attached hydrogens (tertiary/aromatic N) is 2. The lowest BCUT2D eigenvalue weighted by Gasteiger charge is -2.05. The molecule has 1 rings (SSSR count). The standard InChI is InChI=1S/C11H11N3O3/c12-14-9-5-3-8(4-6-9)11(17)13-7-1-2-10(15)16/h3-6H,1-2,7H2,(H-,13,15,16,17). The zero-order chi connectivity index (χ0) is 12.7. The number of diazo groups is 1. The highest BCUT2D eigenvalue weighted by Crippen LogP contribution is 2.12. The molecule has 88 valence electrons. The molecule has 0 aliphatic heterocycles. The molecular formula is C11H11N3O3. The van der Waals surface area contributed by atoms with Crippen LogP contribution < -0.4 is 10.4 Å². The van der Waals surface area contributed by atoms with Crippen molar-refractivity contribution >= 4 is 17.6 Å². The van der Waals surface area contributed by atoms with Crippen LogP contribution >= 0.6 is 0 Å². The number of carboxylic acids is 1. The number of amides is 1. The molecule has 1 aromatic rings. The highest BCUT2D eigenvalue weighted by molar-refractivity contribution is 5.94. The van der Waals surface area contributed by atoms with Gasteiger partial charge in [-0.15, -0.1) is 0 Å². The van der Waals surface area contributed by atoms with Crippen LogP contribution in [0.25, 0.3) is 4.98 Å². The van der Waals surface area contributed by atoms with Crippen molar-refractivity contribution in [3.63, 3.8) is 0 Å². The van der Waals surface area contributed by atoms with Crippen LogP contribution in [0.4, 0.5) is 5.69 Å². The van der Waals surface area contributed by atoms with E-state index in [9.17, 15) is 14.7 Å². The largest absolute Gasteiger partial charge is 0.550 e. The van der Waals surface area contributed by atoms with E-state index in [1.165, 1.54) is 24.3 Å². The molecule has 6 heteroatoms. The monoisotopic (exact) mass is 233 g/mol. The fourth-order valence-electron chi connectivity index (χ4n) is 1.22. The fourth-order valence-corrected chi connectivity index (χ4v) is 1.22. The number of carbonyl (C=O) groups excluding carboxylic acids is 2. The second kappa shape index (κ2) is 6.23. The summed E-state index contributed by atoms with van der Waals surface area (Å²) in [6, 6.07) is 6.03. The molecule has 0 fully saturated rings. The molecule has 0 heterocycles. The van der Waals surface area contributed by atoms with Gasteiger partial charge in [-0.1, -0.05) is 0 Å². The number of carbonyl (C=O) groups is 2. The van der Waals surface area contributed by atoms with Gasteiger partial charge in [-0.3, -0.25) is 4.79 Å². The smallest absolute Gasteiger partial charge is 0.385 e. The fraction of sp³-hybridized carbons (Fsp3) is 0.273. The lowest BCUT2D eigenvalue weighted by atomic mass is 10.2. The maximum absolute atomic E-state index is 11.5. The molecule has 0 aliphatic carbocycles. The van der Waals surface area contributed by atoms with Crippen LogP contribution in [0.1, 0.15) is 23.2 Å². The number of aliphatic carboxylic acids is 1. The second-order valence-electron chi connectivity index (χ2n) is 3.38. The van der Waals surface area contributed by atoms with E-state index in [1.807, 2.05) is 0 Å². The van der Waals surface area contributed by atoms with Crippen molar-refractivity contribution in [2.45, 2.75) is 12.8 Å². The number of hydrogen-bond donors (Lipinski definition) is 1. The third kappa shape index (κ3) is 4.30. The van der Waals surface area contributed by atoms with Gasteiger partial charge in [0.25, 0.3) is 5.91 Å². The Hall–Kier alpha value is -2.42. The van der Waals surface area contributed by atoms with Gasteiger partial charge in [0.05, 0.1) is 0 Å². The van der Waals surface area contributed by atoms with Crippen molar-refractivity contribution in [3.8, 4) is 0 Å². The molecule has 0 radical (unpaired) electrons. The molecule has 6 nitrogen and oxygen atoms in total. The summed E-state index contributed by atoms with van der Waals surface area (Å²) in [7, 11) is 0. The summed E-state index contributed by atoms with van der Waals surface area (Å²) in [4.78, 5) is 24.6. The normalized spacial score (nSPS) is 9.35. The van der Waals surface area contributed by atoms with Crippen LogP contribution in [-0.2, 0) is 4.79 Å². The van der Waals surface area contributed by atoms with Gasteiger partial charge in [-0.05, 0) is 25.0 Å². The lowest BCUT2D eigenvalue weighted by Crippen LogP contribution is -2.27. The topological polar surface area (TPSA) is 97.4 Å². The maximum atomic E-state index is 11.5. The molecule has 0 bridgehead atoms. The van der Waals surface area contributed by atoms with E-state index < -0.39 is 5.97 Å². The summed E-state index contributed by atoms with van der Waals surface area (Å²) in [5, 5.41) is 21.2. The van der Waals surface area contributed by atoms with Crippen LogP contribution in [0.2, 0.25) is 0 Å². The summed E-state index contributed by atoms with van der Waals surface area (Å²) in [5.41, 5.74) is 0.782. The van der Waals surface area contributed by atoms with E-state index >= 15 is 0 Å². The minimum atomic E-state index is -1.13. The Morgan fingerprint density at radius 2 is 1.94 bits per heavy atom. The van der Waals surface area contributed by atoms with Crippen LogP contribution in [-0.4, -0.2) is 18.4 Å². The van der Waals surface area contributed by atoms with Gasteiger partial charge in [-0.2, -0.15) is 0 Å². The Morgan fingerprint density at radius 1 is 1.29 bits per heavy atom. The predicted octanol–water partition coefficient (Wildman–Crippen LogP) is 0.431. The summed E-state index contributed by atoms with van der Waals surface area (Å²) < 4.78 is 0. The van der Waals surface area contributed by atoms with Crippen LogP contribution in [0.5, 0.6) is 0 Å². The van der Waals surface area contributed by atoms with E-state index in [2.05, 4.69) is 10.3 Å². The number of rotatable bonds is 5. The number of carboxylic acid groups (broad SMARTS) is 1. The first-order chi connectivity index (χ1) is 8.13. The Labute approximate surface area is 97.9 Å². The van der Waals surface area contributed by atoms with Crippen LogP contribution in [0.3, 0.4) is 0 Å². The van der Waals surface area contributed by atoms with Gasteiger partial charge in [-0.25, -0.2) is 0 Å². The van der Waals surface area contributed by atoms with Crippen molar-refractivity contribution in [2.24, 2.45) is 0 Å². The first-order valence-electron chi connectivity index (χ1n) is 5.06. The van der Waals surface area contributed by atoms with Crippen molar-refractivity contribution in [1.29, 1.82) is 5.39 Å². The number of hydrogen-bond acceptors (Lipinski definition) is 4. The van der Waals surface area contributed by atoms with Crippen molar-refractivity contribution in [2.75, 3.05) is 6.54 Å². The maximum Gasteiger partial charge on any atom is 0.385 e. The quantitative estimate of drug-likeness (QED) is 0.589. The van der Waals surface area contributed by atoms with Gasteiger partial charge in [0.2, 0.25) is 5.39 Å². The van der Waals surface area contributed by atoms with Gasteiger partial charge in [0, 0.05) is 30.2 Å². The number of benzene rings is 1. The summed E-state index contributed by atoms with van der Waals surface area (Å²) in [5.74, 6) is -1.43. The zero-order valence-corrected chi connectivity index (χ0v) is 9.05. The van der Waals surface area contributed by atoms with Crippen LogP contribution in [0, 0.1) is 5.39 Å². The number of nitrogens with one attached hydrogen (secondary N) is 1. The molecule has 0 aliphatic rings. The molecule has 1 aromatic carbocycles. The molecule has 0 aromatic heterocycles. The zero-order valence-electron chi connectivity index (χ0n) is 9.05. The Morgan fingerprint density at radius 3 is 2.47 bits per heavy atom. The molecule has 1 amide bonds. The molecule has 0 saturated carbocycles. The molecule has 17 heavy (non-hydrogen) atoms. The van der Waals surface area contributed by atoms with Crippen molar-refractivity contribution < 1.29 is 14.7 Å². The highest BCUT2D eigenvalue weighted by atomic mass is 16.4. The Bertz CT molecular complexity index is 448.